The lowest BCUT2D eigenvalue weighted by Crippen LogP contribution is -2.02. The standard InChI is InChI=1S/C15H18ClN3O/c1-3-7-17-15-10-12(6-8-18-15)19-11-4-5-13(16)14(9-11)20-2/h4-6,8-10H,3,7H2,1-2H3,(H2,17,18,19). The molecule has 0 amide bonds. The van der Waals surface area contributed by atoms with E-state index in [1.165, 1.54) is 0 Å². The number of hydrogen-bond donors (Lipinski definition) is 2. The van der Waals surface area contributed by atoms with Crippen molar-refractivity contribution in [3.05, 3.63) is 41.6 Å². The summed E-state index contributed by atoms with van der Waals surface area (Å²) in [5.41, 5.74) is 1.88. The van der Waals surface area contributed by atoms with Crippen LogP contribution in [0.1, 0.15) is 13.3 Å². The average Bonchev–Trinajstić information content (AvgIpc) is 2.47. The summed E-state index contributed by atoms with van der Waals surface area (Å²) in [4.78, 5) is 4.27. The molecule has 0 bridgehead atoms. The molecule has 2 rings (SSSR count). The molecule has 0 aliphatic rings. The van der Waals surface area contributed by atoms with Crippen molar-refractivity contribution < 1.29 is 4.74 Å². The Hall–Kier alpha value is -1.94. The van der Waals surface area contributed by atoms with Crippen LogP contribution < -0.4 is 15.4 Å². The fraction of sp³-hybridized carbons (Fsp3) is 0.267. The highest BCUT2D eigenvalue weighted by Gasteiger charge is 2.03. The molecule has 0 fully saturated rings. The van der Waals surface area contributed by atoms with Gasteiger partial charge in [-0.3, -0.25) is 0 Å². The first-order chi connectivity index (χ1) is 9.72. The molecule has 0 aliphatic heterocycles. The van der Waals surface area contributed by atoms with Gasteiger partial charge in [0, 0.05) is 36.2 Å². The Morgan fingerprint density at radius 1 is 1.20 bits per heavy atom. The van der Waals surface area contributed by atoms with E-state index < -0.39 is 0 Å². The van der Waals surface area contributed by atoms with Gasteiger partial charge in [0.1, 0.15) is 11.6 Å². The number of hydrogen-bond acceptors (Lipinski definition) is 4. The van der Waals surface area contributed by atoms with Gasteiger partial charge in [-0.1, -0.05) is 18.5 Å². The second-order valence-electron chi connectivity index (χ2n) is 4.33. The number of methoxy groups -OCH3 is 1. The van der Waals surface area contributed by atoms with Gasteiger partial charge in [0.05, 0.1) is 12.1 Å². The Morgan fingerprint density at radius 3 is 2.75 bits per heavy atom. The number of nitrogens with one attached hydrogen (secondary N) is 2. The molecule has 0 aliphatic carbocycles. The van der Waals surface area contributed by atoms with E-state index in [0.29, 0.717) is 10.8 Å². The molecule has 1 aromatic carbocycles. The number of aromatic nitrogens is 1. The molecule has 2 N–H and O–H groups in total. The number of nitrogens with zero attached hydrogens (tertiary/aromatic N) is 1. The van der Waals surface area contributed by atoms with E-state index in [9.17, 15) is 0 Å². The number of rotatable bonds is 6. The van der Waals surface area contributed by atoms with Crippen LogP contribution in [0, 0.1) is 0 Å². The van der Waals surface area contributed by atoms with Crippen molar-refractivity contribution in [2.24, 2.45) is 0 Å². The predicted octanol–water partition coefficient (Wildman–Crippen LogP) is 4.31. The summed E-state index contributed by atoms with van der Waals surface area (Å²) >= 11 is 6.01. The molecule has 4 nitrogen and oxygen atoms in total. The summed E-state index contributed by atoms with van der Waals surface area (Å²) < 4.78 is 5.20. The topological polar surface area (TPSA) is 46.2 Å². The molecule has 20 heavy (non-hydrogen) atoms. The van der Waals surface area contributed by atoms with E-state index in [1.807, 2.05) is 24.3 Å². The van der Waals surface area contributed by atoms with Crippen molar-refractivity contribution in [3.8, 4) is 5.75 Å². The summed E-state index contributed by atoms with van der Waals surface area (Å²) in [5, 5.41) is 7.15. The molecule has 1 aromatic heterocycles. The first-order valence-electron chi connectivity index (χ1n) is 6.53. The normalized spacial score (nSPS) is 10.2. The van der Waals surface area contributed by atoms with Crippen LogP contribution in [0.2, 0.25) is 5.02 Å². The molecule has 106 valence electrons. The summed E-state index contributed by atoms with van der Waals surface area (Å²) in [6, 6.07) is 9.46. The van der Waals surface area contributed by atoms with Gasteiger partial charge in [-0.15, -0.1) is 0 Å². The van der Waals surface area contributed by atoms with Crippen LogP contribution in [-0.4, -0.2) is 18.6 Å². The fourth-order valence-corrected chi connectivity index (χ4v) is 1.96. The SMILES string of the molecule is CCCNc1cc(Nc2ccc(Cl)c(OC)c2)ccn1. The van der Waals surface area contributed by atoms with Crippen LogP contribution in [0.4, 0.5) is 17.2 Å². The number of pyridine rings is 1. The molecular weight excluding hydrogens is 274 g/mol. The van der Waals surface area contributed by atoms with E-state index in [2.05, 4.69) is 22.5 Å². The molecule has 0 spiro atoms. The van der Waals surface area contributed by atoms with E-state index in [4.69, 9.17) is 16.3 Å². The molecule has 0 atom stereocenters. The highest BCUT2D eigenvalue weighted by Crippen LogP contribution is 2.29. The maximum Gasteiger partial charge on any atom is 0.139 e. The van der Waals surface area contributed by atoms with Crippen molar-refractivity contribution in [3.63, 3.8) is 0 Å². The Labute approximate surface area is 124 Å². The third-order valence-corrected chi connectivity index (χ3v) is 3.07. The Bertz CT molecular complexity index is 575. The maximum absolute atomic E-state index is 6.01. The third kappa shape index (κ3) is 3.78. The van der Waals surface area contributed by atoms with Crippen molar-refractivity contribution in [1.29, 1.82) is 0 Å². The molecule has 5 heteroatoms. The monoisotopic (exact) mass is 291 g/mol. The zero-order chi connectivity index (χ0) is 14.4. The highest BCUT2D eigenvalue weighted by molar-refractivity contribution is 6.32. The van der Waals surface area contributed by atoms with Crippen LogP contribution in [0.25, 0.3) is 0 Å². The van der Waals surface area contributed by atoms with Crippen molar-refractivity contribution in [2.45, 2.75) is 13.3 Å². The second kappa shape index (κ2) is 7.01. The van der Waals surface area contributed by atoms with Crippen LogP contribution >= 0.6 is 11.6 Å². The minimum atomic E-state index is 0.595. The van der Waals surface area contributed by atoms with Gasteiger partial charge in [-0.25, -0.2) is 4.98 Å². The van der Waals surface area contributed by atoms with Gasteiger partial charge in [-0.2, -0.15) is 0 Å². The number of benzene rings is 1. The van der Waals surface area contributed by atoms with Gasteiger partial charge in [0.25, 0.3) is 0 Å². The summed E-state index contributed by atoms with van der Waals surface area (Å²) in [6.07, 6.45) is 2.83. The molecule has 0 unspecified atom stereocenters. The summed E-state index contributed by atoms with van der Waals surface area (Å²) in [5.74, 6) is 1.51. The largest absolute Gasteiger partial charge is 0.495 e. The Morgan fingerprint density at radius 2 is 2.00 bits per heavy atom. The van der Waals surface area contributed by atoms with Gasteiger partial charge in [-0.05, 0) is 24.6 Å². The van der Waals surface area contributed by atoms with Crippen LogP contribution in [0.3, 0.4) is 0 Å². The van der Waals surface area contributed by atoms with Gasteiger partial charge >= 0.3 is 0 Å². The molecular formula is C15H18ClN3O. The number of anilines is 3. The van der Waals surface area contributed by atoms with Crippen molar-refractivity contribution >= 4 is 28.8 Å². The zero-order valence-corrected chi connectivity index (χ0v) is 12.4. The predicted molar refractivity (Wildman–Crippen MR) is 84.3 cm³/mol. The summed E-state index contributed by atoms with van der Waals surface area (Å²) in [6.45, 7) is 3.03. The van der Waals surface area contributed by atoms with Crippen molar-refractivity contribution in [1.82, 2.24) is 4.98 Å². The first-order valence-corrected chi connectivity index (χ1v) is 6.91. The minimum Gasteiger partial charge on any atom is -0.495 e. The average molecular weight is 292 g/mol. The van der Waals surface area contributed by atoms with Crippen molar-refractivity contribution in [2.75, 3.05) is 24.3 Å². The first kappa shape index (κ1) is 14.5. The molecule has 1 heterocycles. The maximum atomic E-state index is 6.01. The van der Waals surface area contributed by atoms with Gasteiger partial charge in [0.2, 0.25) is 0 Å². The lowest BCUT2D eigenvalue weighted by molar-refractivity contribution is 0.415. The molecule has 0 saturated heterocycles. The molecule has 2 aromatic rings. The molecule has 0 radical (unpaired) electrons. The van der Waals surface area contributed by atoms with Crippen LogP contribution in [0.5, 0.6) is 5.75 Å². The minimum absolute atomic E-state index is 0.595. The van der Waals surface area contributed by atoms with Crippen LogP contribution in [0.15, 0.2) is 36.5 Å². The lowest BCUT2D eigenvalue weighted by Gasteiger charge is -2.10. The van der Waals surface area contributed by atoms with Gasteiger partial charge < -0.3 is 15.4 Å². The Balaban J connectivity index is 2.13. The lowest BCUT2D eigenvalue weighted by atomic mass is 10.2. The van der Waals surface area contributed by atoms with E-state index in [-0.39, 0.29) is 0 Å². The van der Waals surface area contributed by atoms with E-state index in [0.717, 1.165) is 30.2 Å². The number of halogens is 1. The van der Waals surface area contributed by atoms with Gasteiger partial charge in [0.15, 0.2) is 0 Å². The second-order valence-corrected chi connectivity index (χ2v) is 4.74. The van der Waals surface area contributed by atoms with Crippen LogP contribution in [-0.2, 0) is 0 Å². The Kier molecular flexibility index (Phi) is 5.07. The third-order valence-electron chi connectivity index (χ3n) is 2.76. The molecule has 0 saturated carbocycles. The quantitative estimate of drug-likeness (QED) is 0.832. The van der Waals surface area contributed by atoms with E-state index >= 15 is 0 Å². The fourth-order valence-electron chi connectivity index (χ4n) is 1.76. The van der Waals surface area contributed by atoms with E-state index in [1.54, 1.807) is 19.4 Å². The highest BCUT2D eigenvalue weighted by atomic mass is 35.5. The zero-order valence-electron chi connectivity index (χ0n) is 11.6. The smallest absolute Gasteiger partial charge is 0.139 e. The summed E-state index contributed by atoms with van der Waals surface area (Å²) in [7, 11) is 1.60. The number of ether oxygens (including phenoxy) is 1.